The summed E-state index contributed by atoms with van der Waals surface area (Å²) >= 11 is 7.65. The molecule has 0 saturated carbocycles. The minimum absolute atomic E-state index is 0.402. The molecule has 0 aromatic carbocycles. The molecule has 0 nitrogen and oxygen atoms in total. The zero-order chi connectivity index (χ0) is 4.28. The van der Waals surface area contributed by atoms with Gasteiger partial charge in [-0.05, 0) is 0 Å². The molecule has 0 aliphatic carbocycles. The molecule has 26 valence electrons. The quantitative estimate of drug-likeness (QED) is 0.380. The Morgan fingerprint density at radius 1 is 2.00 bits per heavy atom. The Balaban J connectivity index is 2.85. The van der Waals surface area contributed by atoms with E-state index in [0.29, 0.717) is 0 Å². The van der Waals surface area contributed by atoms with E-state index in [1.165, 1.54) is 6.04 Å². The van der Waals surface area contributed by atoms with Gasteiger partial charge in [0.1, 0.15) is 0 Å². The van der Waals surface area contributed by atoms with Crippen molar-refractivity contribution >= 4 is 16.6 Å². The van der Waals surface area contributed by atoms with Crippen molar-refractivity contribution in [1.29, 1.82) is 0 Å². The number of halogens is 1. The second-order valence-electron chi connectivity index (χ2n) is 0.758. The van der Waals surface area contributed by atoms with Crippen molar-refractivity contribution in [2.75, 3.05) is 0 Å². The summed E-state index contributed by atoms with van der Waals surface area (Å²) in [6, 6.07) is 1.17. The van der Waals surface area contributed by atoms with E-state index in [1.807, 2.05) is 0 Å². The molecule has 0 aromatic heterocycles. The predicted octanol–water partition coefficient (Wildman–Crippen LogP) is 1.28. The molecule has 0 aromatic rings. The predicted molar refractivity (Wildman–Crippen MR) is 22.1 cm³/mol. The van der Waals surface area contributed by atoms with Crippen molar-refractivity contribution in [1.82, 2.24) is 0 Å². The first-order valence-electron chi connectivity index (χ1n) is 1.50. The van der Waals surface area contributed by atoms with Crippen LogP contribution in [0.15, 0.2) is 0 Å². The molecule has 0 heterocycles. The Kier molecular flexibility index (Phi) is 4.25. The molecule has 5 heavy (non-hydrogen) atoms. The van der Waals surface area contributed by atoms with Crippen LogP contribution >= 0.6 is 11.1 Å². The van der Waals surface area contributed by atoms with Crippen LogP contribution < -0.4 is 0 Å². The van der Waals surface area contributed by atoms with E-state index in [4.69, 9.17) is 11.1 Å². The van der Waals surface area contributed by atoms with Crippen LogP contribution in [0.5, 0.6) is 0 Å². The standard InChI is InChI=1S/C2H5ClSi.Ti/c1-2-4-3;/h2H2,1H3;/q;+2. The number of rotatable bonds is 1. The molecule has 0 fully saturated rings. The summed E-state index contributed by atoms with van der Waals surface area (Å²) in [6.45, 7) is 2.11. The fraction of sp³-hybridized carbons (Fsp3) is 1.00. The van der Waals surface area contributed by atoms with Crippen molar-refractivity contribution in [3.05, 3.63) is 0 Å². The van der Waals surface area contributed by atoms with E-state index in [2.05, 4.69) is 26.1 Å². The summed E-state index contributed by atoms with van der Waals surface area (Å²) in [4.78, 5) is 0. The van der Waals surface area contributed by atoms with E-state index >= 15 is 0 Å². The monoisotopic (exact) mass is 140 g/mol. The van der Waals surface area contributed by atoms with Gasteiger partial charge in [-0.15, -0.1) is 0 Å². The van der Waals surface area contributed by atoms with Crippen molar-refractivity contribution in [2.45, 2.75) is 13.0 Å². The fourth-order valence-corrected chi connectivity index (χ4v) is 0. The average Bonchev–Trinajstić information content (AvgIpc) is 1.38. The van der Waals surface area contributed by atoms with E-state index in [-0.39, 0.29) is 0 Å². The second kappa shape index (κ2) is 3.41. The van der Waals surface area contributed by atoms with Gasteiger partial charge >= 0.3 is 48.7 Å². The molecule has 0 aliphatic rings. The van der Waals surface area contributed by atoms with Crippen molar-refractivity contribution in [3.63, 3.8) is 0 Å². The zero-order valence-electron chi connectivity index (χ0n) is 3.09. The summed E-state index contributed by atoms with van der Waals surface area (Å²) in [5.41, 5.74) is -0.402. The van der Waals surface area contributed by atoms with E-state index < -0.39 is 5.50 Å². The Labute approximate surface area is 48.8 Å². The maximum absolute atomic E-state index is 5.56. The van der Waals surface area contributed by atoms with Crippen LogP contribution in [-0.2, 0) is 19.2 Å². The van der Waals surface area contributed by atoms with Gasteiger partial charge in [0.15, 0.2) is 0 Å². The summed E-state index contributed by atoms with van der Waals surface area (Å²) < 4.78 is 0. The van der Waals surface area contributed by atoms with E-state index in [0.717, 1.165) is 0 Å². The van der Waals surface area contributed by atoms with Gasteiger partial charge in [-0.1, -0.05) is 0 Å². The van der Waals surface area contributed by atoms with Gasteiger partial charge in [0.05, 0.1) is 0 Å². The van der Waals surface area contributed by atoms with Gasteiger partial charge in [-0.3, -0.25) is 0 Å². The normalized spacial score (nSPS) is 8.00. The molecule has 0 N–H and O–H groups in total. The van der Waals surface area contributed by atoms with Crippen LogP contribution in [0.3, 0.4) is 0 Å². The molecule has 0 aliphatic heterocycles. The van der Waals surface area contributed by atoms with Crippen LogP contribution in [0, 0.1) is 0 Å². The SMILES string of the molecule is CC[Si](Cl)=[Ti+2]. The number of hydrogen-bond acceptors (Lipinski definition) is 0. The summed E-state index contributed by atoms with van der Waals surface area (Å²) in [7, 11) is 0. The van der Waals surface area contributed by atoms with Crippen LogP contribution in [-0.4, -0.2) is 5.50 Å². The molecule has 0 saturated heterocycles. The van der Waals surface area contributed by atoms with Gasteiger partial charge in [-0.25, -0.2) is 0 Å². The Morgan fingerprint density at radius 2 is 2.20 bits per heavy atom. The first-order valence-corrected chi connectivity index (χ1v) is 6.56. The molecule has 0 rings (SSSR count). The van der Waals surface area contributed by atoms with Crippen molar-refractivity contribution in [2.24, 2.45) is 0 Å². The summed E-state index contributed by atoms with van der Waals surface area (Å²) in [5, 5.41) is 0. The Bertz CT molecular complexity index is 44.9. The van der Waals surface area contributed by atoms with Gasteiger partial charge in [0.2, 0.25) is 0 Å². The molecule has 0 unspecified atom stereocenters. The third-order valence-corrected chi connectivity index (χ3v) is 3.39. The zero-order valence-corrected chi connectivity index (χ0v) is 6.40. The van der Waals surface area contributed by atoms with Crippen LogP contribution in [0.25, 0.3) is 0 Å². The van der Waals surface area contributed by atoms with E-state index in [1.54, 1.807) is 0 Å². The number of hydrogen-bond donors (Lipinski definition) is 0. The van der Waals surface area contributed by atoms with Gasteiger partial charge in [0.25, 0.3) is 0 Å². The fourth-order valence-electron chi connectivity index (χ4n) is 0. The maximum atomic E-state index is 5.56. The third-order valence-electron chi connectivity index (χ3n) is 0.310. The Morgan fingerprint density at radius 3 is 2.20 bits per heavy atom. The average molecular weight is 140 g/mol. The topological polar surface area (TPSA) is 0 Å². The molecule has 0 amide bonds. The molecule has 3 heteroatoms. The molecule has 0 spiro atoms. The molecule has 0 radical (unpaired) electrons. The molecular weight excluding hydrogens is 135 g/mol. The van der Waals surface area contributed by atoms with Crippen LogP contribution in [0.2, 0.25) is 6.04 Å². The van der Waals surface area contributed by atoms with Gasteiger partial charge in [-0.2, -0.15) is 0 Å². The van der Waals surface area contributed by atoms with Crippen LogP contribution in [0.4, 0.5) is 0 Å². The first-order chi connectivity index (χ1) is 2.27. The second-order valence-corrected chi connectivity index (χ2v) is 7.96. The molecule has 0 atom stereocenters. The minimum atomic E-state index is -0.402. The summed E-state index contributed by atoms with van der Waals surface area (Å²) in [5.74, 6) is 0. The van der Waals surface area contributed by atoms with Gasteiger partial charge < -0.3 is 0 Å². The van der Waals surface area contributed by atoms with Crippen LogP contribution in [0.1, 0.15) is 6.92 Å². The van der Waals surface area contributed by atoms with Crippen molar-refractivity contribution < 1.29 is 19.2 Å². The summed E-state index contributed by atoms with van der Waals surface area (Å²) in [6.07, 6.45) is 0. The van der Waals surface area contributed by atoms with E-state index in [9.17, 15) is 0 Å². The molecule has 0 bridgehead atoms. The third kappa shape index (κ3) is 5.22. The Hall–Kier alpha value is 1.22. The van der Waals surface area contributed by atoms with Gasteiger partial charge in [0, 0.05) is 0 Å². The molecular formula is C2H5ClSiTi+2. The van der Waals surface area contributed by atoms with Crippen molar-refractivity contribution in [3.8, 4) is 0 Å². The first kappa shape index (κ1) is 6.22.